The van der Waals surface area contributed by atoms with Gasteiger partial charge in [-0.05, 0) is 37.8 Å². The standard InChI is InChI=1S/C20H23FN6O2/c1-3-26-17-5-4-14(21)9-16(17)24-20(26)25-19(29)15-11-23-27-7-6-13(8-18(15)27)10-22-12(2)28/h4-5,9,11,13H,3,6-8,10H2,1-2H3,(H,22,28)(H,24,25,29). The van der Waals surface area contributed by atoms with Gasteiger partial charge in [0, 0.05) is 32.6 Å². The maximum absolute atomic E-state index is 13.5. The molecule has 0 bridgehead atoms. The normalized spacial score (nSPS) is 15.9. The second-order valence-corrected chi connectivity index (χ2v) is 7.29. The van der Waals surface area contributed by atoms with E-state index in [-0.39, 0.29) is 23.5 Å². The van der Waals surface area contributed by atoms with E-state index in [1.807, 2.05) is 16.2 Å². The van der Waals surface area contributed by atoms with Crippen molar-refractivity contribution in [1.82, 2.24) is 24.6 Å². The van der Waals surface area contributed by atoms with E-state index in [0.717, 1.165) is 17.6 Å². The summed E-state index contributed by atoms with van der Waals surface area (Å²) in [6, 6.07) is 4.39. The van der Waals surface area contributed by atoms with E-state index in [1.54, 1.807) is 12.3 Å². The Morgan fingerprint density at radius 1 is 1.34 bits per heavy atom. The van der Waals surface area contributed by atoms with Crippen LogP contribution in [0.5, 0.6) is 0 Å². The second-order valence-electron chi connectivity index (χ2n) is 7.29. The molecule has 0 aliphatic carbocycles. The van der Waals surface area contributed by atoms with Crippen molar-refractivity contribution in [1.29, 1.82) is 0 Å². The summed E-state index contributed by atoms with van der Waals surface area (Å²) in [7, 11) is 0. The molecule has 1 aliphatic heterocycles. The molecule has 0 fully saturated rings. The summed E-state index contributed by atoms with van der Waals surface area (Å²) in [5.41, 5.74) is 2.61. The molecule has 152 valence electrons. The lowest BCUT2D eigenvalue weighted by atomic mass is 9.94. The summed E-state index contributed by atoms with van der Waals surface area (Å²) in [4.78, 5) is 28.5. The third-order valence-corrected chi connectivity index (χ3v) is 5.32. The fraction of sp³-hybridized carbons (Fsp3) is 0.400. The van der Waals surface area contributed by atoms with Gasteiger partial charge in [0.2, 0.25) is 11.9 Å². The molecule has 1 atom stereocenters. The summed E-state index contributed by atoms with van der Waals surface area (Å²) in [5.74, 6) is -0.0811. The van der Waals surface area contributed by atoms with Crippen molar-refractivity contribution >= 4 is 28.8 Å². The Morgan fingerprint density at radius 3 is 2.93 bits per heavy atom. The monoisotopic (exact) mass is 398 g/mol. The van der Waals surface area contributed by atoms with Crippen LogP contribution in [0.15, 0.2) is 24.4 Å². The number of halogens is 1. The first-order valence-corrected chi connectivity index (χ1v) is 9.72. The van der Waals surface area contributed by atoms with Gasteiger partial charge in [0.1, 0.15) is 5.82 Å². The quantitative estimate of drug-likeness (QED) is 0.690. The smallest absolute Gasteiger partial charge is 0.261 e. The lowest BCUT2D eigenvalue weighted by Crippen LogP contribution is -2.32. The average molecular weight is 398 g/mol. The average Bonchev–Trinajstić information content (AvgIpc) is 3.26. The van der Waals surface area contributed by atoms with Crippen molar-refractivity contribution < 1.29 is 14.0 Å². The van der Waals surface area contributed by atoms with Crippen molar-refractivity contribution in [2.75, 3.05) is 11.9 Å². The molecule has 0 saturated heterocycles. The van der Waals surface area contributed by atoms with Crippen LogP contribution in [0.2, 0.25) is 0 Å². The molecular weight excluding hydrogens is 375 g/mol. The number of anilines is 1. The highest BCUT2D eigenvalue weighted by Crippen LogP contribution is 2.25. The van der Waals surface area contributed by atoms with Crippen LogP contribution in [0.4, 0.5) is 10.3 Å². The first kappa shape index (κ1) is 19.1. The van der Waals surface area contributed by atoms with Gasteiger partial charge in [-0.15, -0.1) is 0 Å². The predicted octanol–water partition coefficient (Wildman–Crippen LogP) is 2.34. The minimum atomic E-state index is -0.368. The van der Waals surface area contributed by atoms with Gasteiger partial charge < -0.3 is 9.88 Å². The maximum Gasteiger partial charge on any atom is 0.261 e. The molecule has 1 aliphatic rings. The lowest BCUT2D eigenvalue weighted by Gasteiger charge is -2.24. The van der Waals surface area contributed by atoms with Gasteiger partial charge in [-0.2, -0.15) is 5.10 Å². The topological polar surface area (TPSA) is 93.8 Å². The highest BCUT2D eigenvalue weighted by molar-refractivity contribution is 6.04. The number of aryl methyl sites for hydroxylation is 2. The zero-order valence-electron chi connectivity index (χ0n) is 16.4. The van der Waals surface area contributed by atoms with E-state index >= 15 is 0 Å². The van der Waals surface area contributed by atoms with Gasteiger partial charge in [0.15, 0.2) is 0 Å². The van der Waals surface area contributed by atoms with E-state index in [1.165, 1.54) is 19.1 Å². The molecule has 0 saturated carbocycles. The molecule has 1 aromatic carbocycles. The zero-order chi connectivity index (χ0) is 20.5. The molecule has 2 aromatic heterocycles. The predicted molar refractivity (Wildman–Crippen MR) is 106 cm³/mol. The summed E-state index contributed by atoms with van der Waals surface area (Å²) < 4.78 is 17.2. The molecular formula is C20H23FN6O2. The number of rotatable bonds is 5. The molecule has 3 aromatic rings. The van der Waals surface area contributed by atoms with Gasteiger partial charge in [-0.3, -0.25) is 19.6 Å². The van der Waals surface area contributed by atoms with Gasteiger partial charge >= 0.3 is 0 Å². The molecule has 2 N–H and O–H groups in total. The van der Waals surface area contributed by atoms with Crippen LogP contribution in [0.3, 0.4) is 0 Å². The molecule has 8 nitrogen and oxygen atoms in total. The number of carbonyl (C=O) groups is 2. The van der Waals surface area contributed by atoms with Gasteiger partial charge in [0.05, 0.1) is 28.5 Å². The fourth-order valence-electron chi connectivity index (χ4n) is 3.84. The number of benzene rings is 1. The maximum atomic E-state index is 13.5. The minimum absolute atomic E-state index is 0.0584. The van der Waals surface area contributed by atoms with Crippen LogP contribution < -0.4 is 10.6 Å². The Kier molecular flexibility index (Phi) is 5.04. The first-order valence-electron chi connectivity index (χ1n) is 9.72. The lowest BCUT2D eigenvalue weighted by molar-refractivity contribution is -0.119. The second kappa shape index (κ2) is 7.65. The van der Waals surface area contributed by atoms with Crippen molar-refractivity contribution in [3.8, 4) is 0 Å². The Bertz CT molecular complexity index is 1090. The van der Waals surface area contributed by atoms with Crippen molar-refractivity contribution in [2.45, 2.75) is 39.8 Å². The van der Waals surface area contributed by atoms with E-state index in [4.69, 9.17) is 0 Å². The van der Waals surface area contributed by atoms with Gasteiger partial charge in [-0.1, -0.05) is 0 Å². The third kappa shape index (κ3) is 3.72. The minimum Gasteiger partial charge on any atom is -0.356 e. The highest BCUT2D eigenvalue weighted by Gasteiger charge is 2.26. The summed E-state index contributed by atoms with van der Waals surface area (Å²) in [6.45, 7) is 5.31. The van der Waals surface area contributed by atoms with Gasteiger partial charge in [0.25, 0.3) is 5.91 Å². The number of nitrogens with zero attached hydrogens (tertiary/aromatic N) is 4. The van der Waals surface area contributed by atoms with Crippen molar-refractivity contribution in [3.63, 3.8) is 0 Å². The molecule has 3 heterocycles. The molecule has 1 unspecified atom stereocenters. The van der Waals surface area contributed by atoms with Crippen LogP contribution in [0, 0.1) is 11.7 Å². The van der Waals surface area contributed by atoms with Crippen LogP contribution in [0.1, 0.15) is 36.3 Å². The molecule has 9 heteroatoms. The van der Waals surface area contributed by atoms with Crippen LogP contribution >= 0.6 is 0 Å². The third-order valence-electron chi connectivity index (χ3n) is 5.32. The number of fused-ring (bicyclic) bond motifs is 2. The number of hydrogen-bond donors (Lipinski definition) is 2. The Hall–Kier alpha value is -3.23. The number of hydrogen-bond acceptors (Lipinski definition) is 4. The SMILES string of the molecule is CCn1c(NC(=O)c2cnn3c2CC(CNC(C)=O)CC3)nc2cc(F)ccc21. The summed E-state index contributed by atoms with van der Waals surface area (Å²) in [5, 5.41) is 10.0. The van der Waals surface area contributed by atoms with E-state index < -0.39 is 0 Å². The Balaban J connectivity index is 1.57. The Labute approximate surface area is 167 Å². The van der Waals surface area contributed by atoms with Crippen molar-refractivity contribution in [3.05, 3.63) is 41.5 Å². The van der Waals surface area contributed by atoms with Gasteiger partial charge in [-0.25, -0.2) is 9.37 Å². The van der Waals surface area contributed by atoms with Crippen LogP contribution in [-0.4, -0.2) is 37.7 Å². The number of carbonyl (C=O) groups excluding carboxylic acids is 2. The van der Waals surface area contributed by atoms with Crippen LogP contribution in [-0.2, 0) is 24.3 Å². The number of aromatic nitrogens is 4. The summed E-state index contributed by atoms with van der Waals surface area (Å²) >= 11 is 0. The van der Waals surface area contributed by atoms with E-state index in [9.17, 15) is 14.0 Å². The number of amides is 2. The largest absolute Gasteiger partial charge is 0.356 e. The molecule has 29 heavy (non-hydrogen) atoms. The molecule has 4 rings (SSSR count). The Morgan fingerprint density at radius 2 is 2.17 bits per heavy atom. The molecule has 2 amide bonds. The number of nitrogens with one attached hydrogen (secondary N) is 2. The van der Waals surface area contributed by atoms with Crippen LogP contribution in [0.25, 0.3) is 11.0 Å². The number of imidazole rings is 1. The molecule has 0 spiro atoms. The fourth-order valence-corrected chi connectivity index (χ4v) is 3.84. The highest BCUT2D eigenvalue weighted by atomic mass is 19.1. The first-order chi connectivity index (χ1) is 14.0. The van der Waals surface area contributed by atoms with E-state index in [0.29, 0.717) is 43.1 Å². The summed E-state index contributed by atoms with van der Waals surface area (Å²) in [6.07, 6.45) is 3.13. The molecule has 0 radical (unpaired) electrons. The van der Waals surface area contributed by atoms with E-state index in [2.05, 4.69) is 20.7 Å². The zero-order valence-corrected chi connectivity index (χ0v) is 16.4. The van der Waals surface area contributed by atoms with Crippen molar-refractivity contribution in [2.24, 2.45) is 5.92 Å².